The summed E-state index contributed by atoms with van der Waals surface area (Å²) >= 11 is 3.25. The average molecular weight is 623 g/mol. The highest BCUT2D eigenvalue weighted by molar-refractivity contribution is 7.08. The van der Waals surface area contributed by atoms with Crippen molar-refractivity contribution in [1.82, 2.24) is 9.97 Å². The van der Waals surface area contributed by atoms with Crippen LogP contribution < -0.4 is 0 Å². The van der Waals surface area contributed by atoms with E-state index in [0.717, 1.165) is 22.5 Å². The van der Waals surface area contributed by atoms with Crippen molar-refractivity contribution in [2.75, 3.05) is 0 Å². The van der Waals surface area contributed by atoms with Crippen LogP contribution in [0, 0.1) is 0 Å². The van der Waals surface area contributed by atoms with Crippen molar-refractivity contribution in [2.45, 2.75) is 0 Å². The molecule has 46 heavy (non-hydrogen) atoms. The highest BCUT2D eigenvalue weighted by Crippen LogP contribution is 2.41. The first-order valence-corrected chi connectivity index (χ1v) is 17.1. The fourth-order valence-electron chi connectivity index (χ4n) is 6.55. The minimum atomic E-state index is 1.02. The molecule has 2 nitrogen and oxygen atoms in total. The van der Waals surface area contributed by atoms with E-state index in [1.54, 1.807) is 22.7 Å². The molecule has 0 bridgehead atoms. The summed E-state index contributed by atoms with van der Waals surface area (Å²) in [6.45, 7) is 0. The average Bonchev–Trinajstić information content (AvgIpc) is 3.88. The van der Waals surface area contributed by atoms with Crippen molar-refractivity contribution in [1.29, 1.82) is 0 Å². The largest absolute Gasteiger partial charge is 0.245 e. The lowest BCUT2D eigenvalue weighted by molar-refractivity contribution is 1.41. The van der Waals surface area contributed by atoms with Gasteiger partial charge in [0.25, 0.3) is 0 Å². The fraction of sp³-hybridized carbons (Fsp3) is 0. The third-order valence-corrected chi connectivity index (χ3v) is 10.1. The van der Waals surface area contributed by atoms with E-state index in [-0.39, 0.29) is 0 Å². The molecule has 0 aliphatic carbocycles. The van der Waals surface area contributed by atoms with Crippen LogP contribution in [0.1, 0.15) is 0 Å². The van der Waals surface area contributed by atoms with Crippen LogP contribution in [0.5, 0.6) is 0 Å². The zero-order chi connectivity index (χ0) is 30.5. The van der Waals surface area contributed by atoms with Crippen LogP contribution in [0.25, 0.3) is 88.2 Å². The maximum atomic E-state index is 4.48. The number of aromatic nitrogens is 2. The zero-order valence-corrected chi connectivity index (χ0v) is 26.4. The molecule has 7 aromatic carbocycles. The van der Waals surface area contributed by atoms with Crippen LogP contribution in [-0.2, 0) is 0 Å². The van der Waals surface area contributed by atoms with Crippen molar-refractivity contribution in [3.63, 3.8) is 0 Å². The third kappa shape index (κ3) is 4.71. The number of hydrogen-bond acceptors (Lipinski definition) is 4. The summed E-state index contributed by atoms with van der Waals surface area (Å²) < 4.78 is 0. The van der Waals surface area contributed by atoms with Gasteiger partial charge in [0.1, 0.15) is 0 Å². The van der Waals surface area contributed by atoms with E-state index in [0.29, 0.717) is 0 Å². The summed E-state index contributed by atoms with van der Waals surface area (Å²) in [5, 5.41) is 11.8. The van der Waals surface area contributed by atoms with Gasteiger partial charge < -0.3 is 0 Å². The fourth-order valence-corrected chi connectivity index (χ4v) is 7.67. The SMILES string of the molecule is c1ccc(-c2ccc3c4cc(-c5ccc(-c6cscn6)cc5)ccc4c4ccc(-c5ccc(-c6cscn6)cc5)cc4c3c2)cc1. The minimum absolute atomic E-state index is 1.02. The van der Waals surface area contributed by atoms with Gasteiger partial charge in [-0.05, 0) is 83.9 Å². The van der Waals surface area contributed by atoms with Gasteiger partial charge in [0, 0.05) is 21.9 Å². The quantitative estimate of drug-likeness (QED) is 0.178. The van der Waals surface area contributed by atoms with Crippen molar-refractivity contribution < 1.29 is 0 Å². The van der Waals surface area contributed by atoms with Crippen molar-refractivity contribution in [2.24, 2.45) is 0 Å². The first-order chi connectivity index (χ1) is 22.8. The van der Waals surface area contributed by atoms with Gasteiger partial charge in [0.15, 0.2) is 0 Å². The number of thiazole rings is 2. The monoisotopic (exact) mass is 622 g/mol. The smallest absolute Gasteiger partial charge is 0.0811 e. The van der Waals surface area contributed by atoms with Gasteiger partial charge in [-0.1, -0.05) is 115 Å². The van der Waals surface area contributed by atoms with E-state index in [1.807, 2.05) is 11.0 Å². The van der Waals surface area contributed by atoms with Crippen molar-refractivity contribution in [3.05, 3.63) is 155 Å². The molecule has 0 spiro atoms. The molecule has 0 saturated heterocycles. The summed E-state index contributed by atoms with van der Waals surface area (Å²) in [5.41, 5.74) is 15.4. The lowest BCUT2D eigenvalue weighted by atomic mass is 9.89. The van der Waals surface area contributed by atoms with Crippen LogP contribution >= 0.6 is 22.7 Å². The van der Waals surface area contributed by atoms with Gasteiger partial charge in [0.05, 0.1) is 22.4 Å². The second-order valence-corrected chi connectivity index (χ2v) is 13.0. The molecule has 2 heterocycles. The molecular formula is C42H26N2S2. The topological polar surface area (TPSA) is 25.8 Å². The van der Waals surface area contributed by atoms with Gasteiger partial charge in [-0.25, -0.2) is 9.97 Å². The molecule has 0 aliphatic heterocycles. The number of rotatable bonds is 5. The molecule has 0 fully saturated rings. The Morgan fingerprint density at radius 1 is 0.304 bits per heavy atom. The number of nitrogens with zero attached hydrogens (tertiary/aromatic N) is 2. The van der Waals surface area contributed by atoms with Crippen LogP contribution in [0.4, 0.5) is 0 Å². The van der Waals surface area contributed by atoms with Gasteiger partial charge >= 0.3 is 0 Å². The van der Waals surface area contributed by atoms with E-state index in [2.05, 4.69) is 154 Å². The first-order valence-electron chi connectivity index (χ1n) is 15.3. The lowest BCUT2D eigenvalue weighted by Crippen LogP contribution is -1.88. The van der Waals surface area contributed by atoms with Crippen LogP contribution in [0.3, 0.4) is 0 Å². The number of hydrogen-bond donors (Lipinski definition) is 0. The van der Waals surface area contributed by atoms with Gasteiger partial charge in [-0.15, -0.1) is 22.7 Å². The summed E-state index contributed by atoms with van der Waals surface area (Å²) in [6.07, 6.45) is 0. The second-order valence-electron chi connectivity index (χ2n) is 11.5. The van der Waals surface area contributed by atoms with E-state index < -0.39 is 0 Å². The highest BCUT2D eigenvalue weighted by atomic mass is 32.1. The summed E-state index contributed by atoms with van der Waals surface area (Å²) in [6, 6.07) is 49.0. The second kappa shape index (κ2) is 11.2. The van der Waals surface area contributed by atoms with Crippen molar-refractivity contribution in [3.8, 4) is 55.9 Å². The molecule has 9 aromatic rings. The Kier molecular flexibility index (Phi) is 6.55. The van der Waals surface area contributed by atoms with Crippen LogP contribution in [0.15, 0.2) is 155 Å². The van der Waals surface area contributed by atoms with E-state index in [1.165, 1.54) is 65.7 Å². The predicted octanol–water partition coefficient (Wildman–Crippen LogP) is 12.4. The third-order valence-electron chi connectivity index (χ3n) is 8.93. The Bertz CT molecular complexity index is 2480. The van der Waals surface area contributed by atoms with E-state index >= 15 is 0 Å². The predicted molar refractivity (Wildman–Crippen MR) is 197 cm³/mol. The minimum Gasteiger partial charge on any atom is -0.245 e. The normalized spacial score (nSPS) is 11.5. The highest BCUT2D eigenvalue weighted by Gasteiger charge is 2.13. The molecule has 0 N–H and O–H groups in total. The Morgan fingerprint density at radius 2 is 0.652 bits per heavy atom. The summed E-state index contributed by atoms with van der Waals surface area (Å²) in [5.74, 6) is 0. The molecule has 2 aromatic heterocycles. The molecule has 216 valence electrons. The maximum Gasteiger partial charge on any atom is 0.0811 e. The van der Waals surface area contributed by atoms with Crippen molar-refractivity contribution >= 4 is 55.0 Å². The molecule has 0 radical (unpaired) electrons. The van der Waals surface area contributed by atoms with Gasteiger partial charge in [-0.3, -0.25) is 0 Å². The molecule has 0 amide bonds. The summed E-state index contributed by atoms with van der Waals surface area (Å²) in [7, 11) is 0. The Morgan fingerprint density at radius 3 is 1.07 bits per heavy atom. The van der Waals surface area contributed by atoms with Gasteiger partial charge in [-0.2, -0.15) is 0 Å². The van der Waals surface area contributed by atoms with Crippen LogP contribution in [-0.4, -0.2) is 9.97 Å². The van der Waals surface area contributed by atoms with E-state index in [9.17, 15) is 0 Å². The zero-order valence-electron chi connectivity index (χ0n) is 24.7. The Hall–Kier alpha value is -5.42. The first kappa shape index (κ1) is 26.9. The Labute approximate surface area is 274 Å². The molecule has 0 unspecified atom stereocenters. The molecular weight excluding hydrogens is 597 g/mol. The molecule has 0 saturated carbocycles. The Balaban J connectivity index is 1.22. The maximum absolute atomic E-state index is 4.48. The van der Waals surface area contributed by atoms with E-state index in [4.69, 9.17) is 0 Å². The number of benzene rings is 7. The molecule has 0 atom stereocenters. The lowest BCUT2D eigenvalue weighted by Gasteiger charge is -2.15. The molecule has 9 rings (SSSR count). The summed E-state index contributed by atoms with van der Waals surface area (Å²) in [4.78, 5) is 8.96. The standard InChI is InChI=1S/C42H26N2S2/c1-2-4-27(5-3-1)32-16-19-37-38-20-33(28-6-10-30(11-7-28)41-23-45-25-43-41)14-17-35(38)36-18-15-34(22-39(36)40(37)21-32)29-8-12-31(13-9-29)42-24-46-26-44-42/h1-26H. The molecule has 4 heteroatoms. The molecule has 0 aliphatic rings. The van der Waals surface area contributed by atoms with Gasteiger partial charge in [0.2, 0.25) is 0 Å². The number of fused-ring (bicyclic) bond motifs is 6. The van der Waals surface area contributed by atoms with Crippen LogP contribution in [0.2, 0.25) is 0 Å².